The molecule has 0 aliphatic carbocycles. The van der Waals surface area contributed by atoms with E-state index in [1.165, 1.54) is 25.1 Å². The van der Waals surface area contributed by atoms with Gasteiger partial charge in [0.05, 0.1) is 12.2 Å². The van der Waals surface area contributed by atoms with Gasteiger partial charge in [0.2, 0.25) is 6.29 Å². The fraction of sp³-hybridized carbons (Fsp3) is 0.526. The lowest BCUT2D eigenvalue weighted by Crippen LogP contribution is -2.60. The number of aliphatic hydroxyl groups is 5. The highest BCUT2D eigenvalue weighted by molar-refractivity contribution is 5.95. The van der Waals surface area contributed by atoms with Gasteiger partial charge in [-0.3, -0.25) is 4.79 Å². The summed E-state index contributed by atoms with van der Waals surface area (Å²) in [6.07, 6.45) is -3.98. The average Bonchev–Trinajstić information content (AvgIpc) is 2.60. The standard InChI is InChI=1S/C19H26O8/c1-10(21)11-4-5-13(12(8-11)6-7-19(2,3)25)26-18-17(24)16(23)15(22)14(9-20)27-18/h4-8,14-18,20,22-25H,9H2,1-3H3/b7-6+/t14-,15-,16+,17-,18-/m1/s1. The number of hydrogen-bond acceptors (Lipinski definition) is 8. The number of ketones is 1. The quantitative estimate of drug-likeness (QED) is 0.429. The highest BCUT2D eigenvalue weighted by atomic mass is 16.7. The van der Waals surface area contributed by atoms with Crippen molar-refractivity contribution in [2.45, 2.75) is 57.1 Å². The summed E-state index contributed by atoms with van der Waals surface area (Å²) in [6.45, 7) is 4.00. The first-order chi connectivity index (χ1) is 12.5. The second-order valence-electron chi connectivity index (χ2n) is 7.11. The molecule has 150 valence electrons. The van der Waals surface area contributed by atoms with Crippen molar-refractivity contribution in [1.82, 2.24) is 0 Å². The minimum absolute atomic E-state index is 0.160. The van der Waals surface area contributed by atoms with Gasteiger partial charge in [0.25, 0.3) is 0 Å². The van der Waals surface area contributed by atoms with E-state index in [4.69, 9.17) is 9.47 Å². The van der Waals surface area contributed by atoms with E-state index < -0.39 is 42.9 Å². The van der Waals surface area contributed by atoms with Crippen molar-refractivity contribution in [1.29, 1.82) is 0 Å². The summed E-state index contributed by atoms with van der Waals surface area (Å²) in [5.41, 5.74) is -0.236. The number of ether oxygens (including phenoxy) is 2. The molecule has 1 saturated heterocycles. The molecule has 1 aromatic rings. The lowest BCUT2D eigenvalue weighted by Gasteiger charge is -2.39. The minimum atomic E-state index is -1.56. The number of carbonyl (C=O) groups excluding carboxylic acids is 1. The highest BCUT2D eigenvalue weighted by Crippen LogP contribution is 2.28. The van der Waals surface area contributed by atoms with Crippen LogP contribution in [0.15, 0.2) is 24.3 Å². The fourth-order valence-corrected chi connectivity index (χ4v) is 2.59. The molecule has 27 heavy (non-hydrogen) atoms. The Labute approximate surface area is 157 Å². The van der Waals surface area contributed by atoms with Gasteiger partial charge in [-0.05, 0) is 39.0 Å². The van der Waals surface area contributed by atoms with Crippen molar-refractivity contribution in [3.05, 3.63) is 35.4 Å². The third kappa shape index (κ3) is 5.35. The molecule has 1 aliphatic heterocycles. The van der Waals surface area contributed by atoms with Crippen LogP contribution in [-0.4, -0.2) is 74.2 Å². The molecule has 8 nitrogen and oxygen atoms in total. The monoisotopic (exact) mass is 382 g/mol. The first kappa shape index (κ1) is 21.5. The Hall–Kier alpha value is -1.81. The first-order valence-electron chi connectivity index (χ1n) is 8.57. The van der Waals surface area contributed by atoms with E-state index in [1.54, 1.807) is 26.0 Å². The Balaban J connectivity index is 2.34. The van der Waals surface area contributed by atoms with Gasteiger partial charge in [0, 0.05) is 11.1 Å². The molecule has 1 aliphatic rings. The summed E-state index contributed by atoms with van der Waals surface area (Å²) in [4.78, 5) is 11.6. The summed E-state index contributed by atoms with van der Waals surface area (Å²) in [7, 11) is 0. The normalized spacial score (nSPS) is 29.1. The second-order valence-corrected chi connectivity index (χ2v) is 7.11. The molecule has 0 unspecified atom stereocenters. The SMILES string of the molecule is CC(=O)c1ccc(O[C@@H]2O[C@H](CO)[C@@H](O)[C@H](O)[C@H]2O)c(/C=C/C(C)(C)O)c1. The molecular weight excluding hydrogens is 356 g/mol. The highest BCUT2D eigenvalue weighted by Gasteiger charge is 2.44. The molecule has 1 fully saturated rings. The third-order valence-corrected chi connectivity index (χ3v) is 4.18. The Morgan fingerprint density at radius 2 is 1.89 bits per heavy atom. The number of rotatable bonds is 6. The summed E-state index contributed by atoms with van der Waals surface area (Å²) in [6, 6.07) is 4.59. The molecule has 0 amide bonds. The molecule has 1 heterocycles. The van der Waals surface area contributed by atoms with Crippen LogP contribution in [0.25, 0.3) is 6.08 Å². The van der Waals surface area contributed by atoms with Crippen LogP contribution in [0.3, 0.4) is 0 Å². The molecule has 5 N–H and O–H groups in total. The molecular formula is C19H26O8. The van der Waals surface area contributed by atoms with Crippen molar-refractivity contribution >= 4 is 11.9 Å². The van der Waals surface area contributed by atoms with E-state index in [-0.39, 0.29) is 11.5 Å². The molecule has 0 spiro atoms. The van der Waals surface area contributed by atoms with Crippen molar-refractivity contribution in [2.75, 3.05) is 6.61 Å². The van der Waals surface area contributed by atoms with Crippen LogP contribution in [-0.2, 0) is 4.74 Å². The van der Waals surface area contributed by atoms with E-state index in [0.717, 1.165) is 0 Å². The predicted molar refractivity (Wildman–Crippen MR) is 96.2 cm³/mol. The van der Waals surface area contributed by atoms with Gasteiger partial charge < -0.3 is 35.0 Å². The summed E-state index contributed by atoms with van der Waals surface area (Å²) >= 11 is 0. The maximum absolute atomic E-state index is 11.6. The van der Waals surface area contributed by atoms with Crippen LogP contribution < -0.4 is 4.74 Å². The molecule has 0 bridgehead atoms. The van der Waals surface area contributed by atoms with Gasteiger partial charge in [-0.25, -0.2) is 0 Å². The molecule has 0 saturated carbocycles. The maximum atomic E-state index is 11.6. The van der Waals surface area contributed by atoms with Crippen molar-refractivity contribution in [3.63, 3.8) is 0 Å². The lowest BCUT2D eigenvalue weighted by atomic mass is 9.99. The first-order valence-corrected chi connectivity index (χ1v) is 8.57. The summed E-state index contributed by atoms with van der Waals surface area (Å²) in [5.74, 6) is 0.0668. The van der Waals surface area contributed by atoms with E-state index in [0.29, 0.717) is 11.1 Å². The third-order valence-electron chi connectivity index (χ3n) is 4.18. The molecule has 0 aromatic heterocycles. The summed E-state index contributed by atoms with van der Waals surface area (Å²) < 4.78 is 11.0. The molecule has 2 rings (SSSR count). The van der Waals surface area contributed by atoms with E-state index >= 15 is 0 Å². The average molecular weight is 382 g/mol. The number of benzene rings is 1. The van der Waals surface area contributed by atoms with E-state index in [9.17, 15) is 30.3 Å². The largest absolute Gasteiger partial charge is 0.461 e. The van der Waals surface area contributed by atoms with Gasteiger partial charge >= 0.3 is 0 Å². The van der Waals surface area contributed by atoms with Crippen molar-refractivity contribution in [3.8, 4) is 5.75 Å². The Morgan fingerprint density at radius 1 is 1.22 bits per heavy atom. The Morgan fingerprint density at radius 3 is 2.44 bits per heavy atom. The maximum Gasteiger partial charge on any atom is 0.229 e. The van der Waals surface area contributed by atoms with E-state index in [2.05, 4.69) is 0 Å². The minimum Gasteiger partial charge on any atom is -0.461 e. The predicted octanol–water partition coefficient (Wildman–Crippen LogP) is -0.148. The topological polar surface area (TPSA) is 137 Å². The van der Waals surface area contributed by atoms with Crippen molar-refractivity contribution < 1.29 is 39.8 Å². The summed E-state index contributed by atoms with van der Waals surface area (Å²) in [5, 5.41) is 49.0. The smallest absolute Gasteiger partial charge is 0.229 e. The van der Waals surface area contributed by atoms with Crippen LogP contribution in [0.5, 0.6) is 5.75 Å². The number of carbonyl (C=O) groups is 1. The number of aliphatic hydroxyl groups excluding tert-OH is 4. The van der Waals surface area contributed by atoms with Crippen LogP contribution in [0.1, 0.15) is 36.7 Å². The second kappa shape index (κ2) is 8.47. The zero-order chi connectivity index (χ0) is 20.4. The van der Waals surface area contributed by atoms with Gasteiger partial charge in [-0.1, -0.05) is 12.2 Å². The fourth-order valence-electron chi connectivity index (χ4n) is 2.59. The molecule has 8 heteroatoms. The zero-order valence-electron chi connectivity index (χ0n) is 15.4. The molecule has 1 aromatic carbocycles. The van der Waals surface area contributed by atoms with Gasteiger partial charge in [0.1, 0.15) is 30.2 Å². The van der Waals surface area contributed by atoms with Crippen molar-refractivity contribution in [2.24, 2.45) is 0 Å². The zero-order valence-corrected chi connectivity index (χ0v) is 15.4. The lowest BCUT2D eigenvalue weighted by molar-refractivity contribution is -0.277. The van der Waals surface area contributed by atoms with Crippen LogP contribution >= 0.6 is 0 Å². The van der Waals surface area contributed by atoms with Gasteiger partial charge in [0.15, 0.2) is 5.78 Å². The van der Waals surface area contributed by atoms with Gasteiger partial charge in [-0.15, -0.1) is 0 Å². The Kier molecular flexibility index (Phi) is 6.74. The molecule has 0 radical (unpaired) electrons. The van der Waals surface area contributed by atoms with Crippen LogP contribution in [0, 0.1) is 0 Å². The Bertz CT molecular complexity index is 691. The van der Waals surface area contributed by atoms with E-state index in [1.807, 2.05) is 0 Å². The number of hydrogen-bond donors (Lipinski definition) is 5. The number of Topliss-reactive ketones (excluding diaryl/α,β-unsaturated/α-hetero) is 1. The van der Waals surface area contributed by atoms with Gasteiger partial charge in [-0.2, -0.15) is 0 Å². The molecule has 5 atom stereocenters. The van der Waals surface area contributed by atoms with Crippen LogP contribution in [0.4, 0.5) is 0 Å². The van der Waals surface area contributed by atoms with Crippen LogP contribution in [0.2, 0.25) is 0 Å².